The predicted octanol–water partition coefficient (Wildman–Crippen LogP) is 3.08. The van der Waals surface area contributed by atoms with Crippen LogP contribution in [0.15, 0.2) is 18.3 Å². The summed E-state index contributed by atoms with van der Waals surface area (Å²) in [6.07, 6.45) is 4.49. The lowest BCUT2D eigenvalue weighted by molar-refractivity contribution is 0.242. The molecule has 4 heteroatoms. The van der Waals surface area contributed by atoms with Crippen molar-refractivity contribution < 1.29 is 4.74 Å². The molecule has 1 unspecified atom stereocenters. The number of pyridine rings is 1. The molecule has 1 aromatic rings. The standard InChI is InChI=1S/C17H29N3O/c1-13(2)11-18-12-15-7-6-10-20(15)17-16(21-14(3)4)8-5-9-19-17/h5,8-9,13-15,18H,6-7,10-12H2,1-4H3. The van der Waals surface area contributed by atoms with Crippen LogP contribution in [-0.4, -0.2) is 36.8 Å². The summed E-state index contributed by atoms with van der Waals surface area (Å²) >= 11 is 0. The van der Waals surface area contributed by atoms with Gasteiger partial charge in [0.05, 0.1) is 6.10 Å². The number of nitrogens with one attached hydrogen (secondary N) is 1. The first-order valence-electron chi connectivity index (χ1n) is 8.17. The molecule has 0 bridgehead atoms. The third-order valence-electron chi connectivity index (χ3n) is 3.70. The minimum absolute atomic E-state index is 0.174. The Balaban J connectivity index is 2.05. The van der Waals surface area contributed by atoms with Gasteiger partial charge < -0.3 is 15.0 Å². The normalized spacial score (nSPS) is 18.8. The fraction of sp³-hybridized carbons (Fsp3) is 0.706. The zero-order valence-electron chi connectivity index (χ0n) is 13.8. The molecule has 21 heavy (non-hydrogen) atoms. The second-order valence-corrected chi connectivity index (χ2v) is 6.53. The van der Waals surface area contributed by atoms with Crippen molar-refractivity contribution in [2.75, 3.05) is 24.5 Å². The average Bonchev–Trinajstić information content (AvgIpc) is 2.86. The monoisotopic (exact) mass is 291 g/mol. The van der Waals surface area contributed by atoms with E-state index >= 15 is 0 Å². The zero-order chi connectivity index (χ0) is 15.2. The van der Waals surface area contributed by atoms with Crippen LogP contribution in [0, 0.1) is 5.92 Å². The van der Waals surface area contributed by atoms with Gasteiger partial charge >= 0.3 is 0 Å². The molecule has 1 aromatic heterocycles. The van der Waals surface area contributed by atoms with Crippen molar-refractivity contribution >= 4 is 5.82 Å². The van der Waals surface area contributed by atoms with E-state index in [2.05, 4.69) is 42.9 Å². The molecule has 1 fully saturated rings. The molecule has 2 heterocycles. The molecule has 0 saturated carbocycles. The fourth-order valence-corrected chi connectivity index (χ4v) is 2.81. The van der Waals surface area contributed by atoms with Crippen LogP contribution in [0.4, 0.5) is 5.82 Å². The topological polar surface area (TPSA) is 37.4 Å². The Kier molecular flexibility index (Phi) is 5.85. The van der Waals surface area contributed by atoms with Gasteiger partial charge in [0.15, 0.2) is 11.6 Å². The highest BCUT2D eigenvalue weighted by Crippen LogP contribution is 2.31. The molecule has 0 amide bonds. The maximum absolute atomic E-state index is 5.92. The van der Waals surface area contributed by atoms with Crippen molar-refractivity contribution in [1.82, 2.24) is 10.3 Å². The van der Waals surface area contributed by atoms with Crippen molar-refractivity contribution in [2.45, 2.75) is 52.7 Å². The Morgan fingerprint density at radius 2 is 2.19 bits per heavy atom. The third-order valence-corrected chi connectivity index (χ3v) is 3.70. The maximum atomic E-state index is 5.92. The minimum Gasteiger partial charge on any atom is -0.487 e. The Morgan fingerprint density at radius 1 is 1.38 bits per heavy atom. The molecule has 4 nitrogen and oxygen atoms in total. The van der Waals surface area contributed by atoms with Crippen LogP contribution >= 0.6 is 0 Å². The van der Waals surface area contributed by atoms with Gasteiger partial charge in [0.1, 0.15) is 0 Å². The quantitative estimate of drug-likeness (QED) is 0.837. The van der Waals surface area contributed by atoms with E-state index in [1.165, 1.54) is 12.8 Å². The zero-order valence-corrected chi connectivity index (χ0v) is 13.8. The first-order chi connectivity index (χ1) is 10.1. The van der Waals surface area contributed by atoms with E-state index in [1.54, 1.807) is 0 Å². The lowest BCUT2D eigenvalue weighted by atomic mass is 10.2. The smallest absolute Gasteiger partial charge is 0.171 e. The SMILES string of the molecule is CC(C)CNCC1CCCN1c1ncccc1OC(C)C. The highest BCUT2D eigenvalue weighted by Gasteiger charge is 2.27. The molecule has 1 aliphatic heterocycles. The summed E-state index contributed by atoms with van der Waals surface area (Å²) in [6, 6.07) is 4.50. The summed E-state index contributed by atoms with van der Waals surface area (Å²) in [5.74, 6) is 2.60. The number of hydrogen-bond acceptors (Lipinski definition) is 4. The van der Waals surface area contributed by atoms with Crippen LogP contribution in [0.5, 0.6) is 5.75 Å². The van der Waals surface area contributed by atoms with Crippen LogP contribution in [-0.2, 0) is 0 Å². The summed E-state index contributed by atoms with van der Waals surface area (Å²) in [5, 5.41) is 3.58. The molecule has 2 rings (SSSR count). The first kappa shape index (κ1) is 16.1. The van der Waals surface area contributed by atoms with E-state index in [1.807, 2.05) is 18.3 Å². The van der Waals surface area contributed by atoms with Gasteiger partial charge in [-0.1, -0.05) is 13.8 Å². The minimum atomic E-state index is 0.174. The third kappa shape index (κ3) is 4.60. The van der Waals surface area contributed by atoms with Gasteiger partial charge in [0, 0.05) is 25.3 Å². The summed E-state index contributed by atoms with van der Waals surface area (Å²) in [7, 11) is 0. The van der Waals surface area contributed by atoms with Gasteiger partial charge in [-0.05, 0) is 51.3 Å². The molecule has 0 radical (unpaired) electrons. The van der Waals surface area contributed by atoms with Crippen LogP contribution in [0.25, 0.3) is 0 Å². The van der Waals surface area contributed by atoms with Gasteiger partial charge in [-0.25, -0.2) is 4.98 Å². The summed E-state index contributed by atoms with van der Waals surface area (Å²) in [4.78, 5) is 6.99. The molecule has 0 spiro atoms. The molecule has 1 N–H and O–H groups in total. The molecule has 118 valence electrons. The van der Waals surface area contributed by atoms with Crippen molar-refractivity contribution in [1.29, 1.82) is 0 Å². The largest absolute Gasteiger partial charge is 0.487 e. The number of ether oxygens (including phenoxy) is 1. The summed E-state index contributed by atoms with van der Waals surface area (Å²) in [6.45, 7) is 11.8. The Morgan fingerprint density at radius 3 is 2.90 bits per heavy atom. The number of rotatable bonds is 7. The molecule has 0 aliphatic carbocycles. The Hall–Kier alpha value is -1.29. The van der Waals surface area contributed by atoms with Crippen molar-refractivity contribution in [3.05, 3.63) is 18.3 Å². The number of anilines is 1. The lowest BCUT2D eigenvalue weighted by Crippen LogP contribution is -2.39. The highest BCUT2D eigenvalue weighted by molar-refractivity contribution is 5.53. The van der Waals surface area contributed by atoms with Crippen molar-refractivity contribution in [2.24, 2.45) is 5.92 Å². The van der Waals surface area contributed by atoms with Crippen LogP contribution in [0.3, 0.4) is 0 Å². The van der Waals surface area contributed by atoms with Gasteiger partial charge in [-0.3, -0.25) is 0 Å². The van der Waals surface area contributed by atoms with E-state index in [0.29, 0.717) is 12.0 Å². The molecule has 1 saturated heterocycles. The number of nitrogens with zero attached hydrogens (tertiary/aromatic N) is 2. The van der Waals surface area contributed by atoms with E-state index in [-0.39, 0.29) is 6.10 Å². The van der Waals surface area contributed by atoms with Gasteiger partial charge in [-0.15, -0.1) is 0 Å². The summed E-state index contributed by atoms with van der Waals surface area (Å²) in [5.41, 5.74) is 0. The molecule has 1 atom stereocenters. The fourth-order valence-electron chi connectivity index (χ4n) is 2.81. The van der Waals surface area contributed by atoms with Gasteiger partial charge in [-0.2, -0.15) is 0 Å². The van der Waals surface area contributed by atoms with Crippen LogP contribution < -0.4 is 15.0 Å². The van der Waals surface area contributed by atoms with Crippen molar-refractivity contribution in [3.8, 4) is 5.75 Å². The predicted molar refractivity (Wildman–Crippen MR) is 88.1 cm³/mol. The van der Waals surface area contributed by atoms with Crippen molar-refractivity contribution in [3.63, 3.8) is 0 Å². The maximum Gasteiger partial charge on any atom is 0.171 e. The summed E-state index contributed by atoms with van der Waals surface area (Å²) < 4.78 is 5.92. The second kappa shape index (κ2) is 7.64. The van der Waals surface area contributed by atoms with E-state index < -0.39 is 0 Å². The lowest BCUT2D eigenvalue weighted by Gasteiger charge is -2.28. The average molecular weight is 291 g/mol. The van der Waals surface area contributed by atoms with E-state index in [0.717, 1.165) is 31.2 Å². The first-order valence-corrected chi connectivity index (χ1v) is 8.17. The van der Waals surface area contributed by atoms with E-state index in [4.69, 9.17) is 4.74 Å². The van der Waals surface area contributed by atoms with Gasteiger partial charge in [0.2, 0.25) is 0 Å². The molecule has 0 aromatic carbocycles. The van der Waals surface area contributed by atoms with Gasteiger partial charge in [0.25, 0.3) is 0 Å². The Labute approximate surface area is 128 Å². The van der Waals surface area contributed by atoms with Crippen LogP contribution in [0.2, 0.25) is 0 Å². The highest BCUT2D eigenvalue weighted by atomic mass is 16.5. The molecular weight excluding hydrogens is 262 g/mol. The number of hydrogen-bond donors (Lipinski definition) is 1. The molecular formula is C17H29N3O. The Bertz CT molecular complexity index is 434. The van der Waals surface area contributed by atoms with Crippen LogP contribution in [0.1, 0.15) is 40.5 Å². The van der Waals surface area contributed by atoms with E-state index in [9.17, 15) is 0 Å². The molecule has 1 aliphatic rings. The second-order valence-electron chi connectivity index (χ2n) is 6.53. The number of aromatic nitrogens is 1.